The predicted molar refractivity (Wildman–Crippen MR) is 99.2 cm³/mol. The van der Waals surface area contributed by atoms with E-state index >= 15 is 0 Å². The summed E-state index contributed by atoms with van der Waals surface area (Å²) in [5, 5.41) is 9.17. The van der Waals surface area contributed by atoms with Crippen molar-refractivity contribution >= 4 is 51.9 Å². The largest absolute Gasteiger partial charge is 0.478 e. The van der Waals surface area contributed by atoms with Crippen LogP contribution in [0.15, 0.2) is 41.4 Å². The zero-order valence-electron chi connectivity index (χ0n) is 13.0. The van der Waals surface area contributed by atoms with Crippen LogP contribution >= 0.6 is 24.0 Å². The van der Waals surface area contributed by atoms with Gasteiger partial charge in [0.25, 0.3) is 5.91 Å². The van der Waals surface area contributed by atoms with Crippen molar-refractivity contribution in [3.8, 4) is 0 Å². The highest BCUT2D eigenvalue weighted by molar-refractivity contribution is 8.27. The van der Waals surface area contributed by atoms with E-state index in [1.807, 2.05) is 36.9 Å². The SMILES string of the molecule is Cc1ccc(C(=O)O)cc1N1C(=O)C(=Cc2cccn2C)SC1=S. The Hall–Kier alpha value is -2.38. The van der Waals surface area contributed by atoms with Gasteiger partial charge < -0.3 is 9.67 Å². The van der Waals surface area contributed by atoms with E-state index in [1.165, 1.54) is 28.8 Å². The quantitative estimate of drug-likeness (QED) is 0.673. The minimum absolute atomic E-state index is 0.121. The highest BCUT2D eigenvalue weighted by Gasteiger charge is 2.34. The first-order valence-electron chi connectivity index (χ1n) is 7.11. The number of thiocarbonyl (C=S) groups is 1. The van der Waals surface area contributed by atoms with Crippen LogP contribution in [0.4, 0.5) is 5.69 Å². The third-order valence-electron chi connectivity index (χ3n) is 3.75. The summed E-state index contributed by atoms with van der Waals surface area (Å²) < 4.78 is 2.30. The van der Waals surface area contributed by atoms with Crippen molar-refractivity contribution in [3.63, 3.8) is 0 Å². The lowest BCUT2D eigenvalue weighted by Crippen LogP contribution is -2.28. The smallest absolute Gasteiger partial charge is 0.335 e. The summed E-state index contributed by atoms with van der Waals surface area (Å²) in [6.07, 6.45) is 3.68. The van der Waals surface area contributed by atoms with Crippen molar-refractivity contribution in [3.05, 3.63) is 58.3 Å². The Morgan fingerprint density at radius 3 is 2.71 bits per heavy atom. The molecule has 0 atom stereocenters. The number of carboxylic acids is 1. The number of benzene rings is 1. The molecule has 0 saturated carbocycles. The van der Waals surface area contributed by atoms with Crippen LogP contribution in [-0.4, -0.2) is 25.9 Å². The van der Waals surface area contributed by atoms with Gasteiger partial charge in [-0.15, -0.1) is 0 Å². The number of aromatic carboxylic acids is 1. The molecule has 0 radical (unpaired) electrons. The predicted octanol–water partition coefficient (Wildman–Crippen LogP) is 3.44. The maximum absolute atomic E-state index is 12.8. The van der Waals surface area contributed by atoms with Crippen molar-refractivity contribution in [1.29, 1.82) is 0 Å². The van der Waals surface area contributed by atoms with Crippen molar-refractivity contribution in [2.45, 2.75) is 6.92 Å². The maximum atomic E-state index is 12.8. The van der Waals surface area contributed by atoms with Gasteiger partial charge in [-0.25, -0.2) is 4.79 Å². The van der Waals surface area contributed by atoms with Crippen LogP contribution in [0.1, 0.15) is 21.6 Å². The number of hydrogen-bond donors (Lipinski definition) is 1. The van der Waals surface area contributed by atoms with Crippen molar-refractivity contribution in [2.24, 2.45) is 7.05 Å². The fourth-order valence-electron chi connectivity index (χ4n) is 2.42. The molecule has 1 aliphatic rings. The van der Waals surface area contributed by atoms with Crippen LogP contribution in [0.2, 0.25) is 0 Å². The lowest BCUT2D eigenvalue weighted by molar-refractivity contribution is -0.113. The van der Waals surface area contributed by atoms with Gasteiger partial charge in [0.15, 0.2) is 4.32 Å². The van der Waals surface area contributed by atoms with Crippen molar-refractivity contribution in [2.75, 3.05) is 4.90 Å². The number of carboxylic acid groups (broad SMARTS) is 1. The van der Waals surface area contributed by atoms with E-state index in [-0.39, 0.29) is 11.5 Å². The molecular formula is C17H14N2O3S2. The summed E-state index contributed by atoms with van der Waals surface area (Å²) in [5.41, 5.74) is 2.31. The van der Waals surface area contributed by atoms with Gasteiger partial charge >= 0.3 is 5.97 Å². The van der Waals surface area contributed by atoms with E-state index in [2.05, 4.69) is 0 Å². The molecule has 5 nitrogen and oxygen atoms in total. The third-order valence-corrected chi connectivity index (χ3v) is 5.06. The number of nitrogens with zero attached hydrogens (tertiary/aromatic N) is 2. The Labute approximate surface area is 148 Å². The number of rotatable bonds is 3. The molecule has 1 amide bonds. The molecule has 7 heteroatoms. The van der Waals surface area contributed by atoms with Crippen LogP contribution in [0.3, 0.4) is 0 Å². The molecule has 0 unspecified atom stereocenters. The molecule has 122 valence electrons. The summed E-state index contributed by atoms with van der Waals surface area (Å²) in [4.78, 5) is 25.9. The fraction of sp³-hybridized carbons (Fsp3) is 0.118. The van der Waals surface area contributed by atoms with Gasteiger partial charge in [0.05, 0.1) is 16.2 Å². The van der Waals surface area contributed by atoms with Crippen molar-refractivity contribution < 1.29 is 14.7 Å². The van der Waals surface area contributed by atoms with Crippen LogP contribution in [-0.2, 0) is 11.8 Å². The average molecular weight is 358 g/mol. The normalized spacial score (nSPS) is 16.2. The molecule has 0 bridgehead atoms. The molecular weight excluding hydrogens is 344 g/mol. The molecule has 1 fully saturated rings. The second kappa shape index (κ2) is 6.26. The Kier molecular flexibility index (Phi) is 4.29. The van der Waals surface area contributed by atoms with E-state index in [9.17, 15) is 14.7 Å². The molecule has 3 rings (SSSR count). The second-order valence-electron chi connectivity index (χ2n) is 5.37. The van der Waals surface area contributed by atoms with E-state index in [1.54, 1.807) is 12.1 Å². The summed E-state index contributed by atoms with van der Waals surface area (Å²) in [5.74, 6) is -1.28. The molecule has 1 saturated heterocycles. The molecule has 24 heavy (non-hydrogen) atoms. The number of aromatic nitrogens is 1. The van der Waals surface area contributed by atoms with Crippen LogP contribution < -0.4 is 4.90 Å². The monoisotopic (exact) mass is 358 g/mol. The Bertz CT molecular complexity index is 899. The lowest BCUT2D eigenvalue weighted by atomic mass is 10.1. The number of carbonyl (C=O) groups excluding carboxylic acids is 1. The molecule has 1 N–H and O–H groups in total. The number of anilines is 1. The minimum Gasteiger partial charge on any atom is -0.478 e. The molecule has 1 aliphatic heterocycles. The van der Waals surface area contributed by atoms with E-state index in [0.717, 1.165) is 11.3 Å². The molecule has 0 aliphatic carbocycles. The van der Waals surface area contributed by atoms with E-state index in [0.29, 0.717) is 14.9 Å². The zero-order valence-corrected chi connectivity index (χ0v) is 14.6. The first-order chi connectivity index (χ1) is 11.4. The van der Waals surface area contributed by atoms with Gasteiger partial charge in [-0.3, -0.25) is 9.69 Å². The second-order valence-corrected chi connectivity index (χ2v) is 7.04. The van der Waals surface area contributed by atoms with Gasteiger partial charge in [0.1, 0.15) is 0 Å². The maximum Gasteiger partial charge on any atom is 0.335 e. The number of aryl methyl sites for hydroxylation is 2. The first-order valence-corrected chi connectivity index (χ1v) is 8.34. The number of hydrogen-bond acceptors (Lipinski definition) is 4. The molecule has 0 spiro atoms. The molecule has 1 aromatic heterocycles. The Morgan fingerprint density at radius 2 is 2.08 bits per heavy atom. The lowest BCUT2D eigenvalue weighted by Gasteiger charge is -2.17. The number of carbonyl (C=O) groups is 2. The number of thioether (sulfide) groups is 1. The highest BCUT2D eigenvalue weighted by Crippen LogP contribution is 2.37. The summed E-state index contributed by atoms with van der Waals surface area (Å²) >= 11 is 6.56. The molecule has 1 aromatic carbocycles. The van der Waals surface area contributed by atoms with E-state index in [4.69, 9.17) is 12.2 Å². The highest BCUT2D eigenvalue weighted by atomic mass is 32.2. The fourth-order valence-corrected chi connectivity index (χ4v) is 3.69. The first kappa shape index (κ1) is 16.5. The molecule has 2 aromatic rings. The van der Waals surface area contributed by atoms with Gasteiger partial charge in [0.2, 0.25) is 0 Å². The van der Waals surface area contributed by atoms with E-state index < -0.39 is 5.97 Å². The molecule has 2 heterocycles. The summed E-state index contributed by atoms with van der Waals surface area (Å²) in [7, 11) is 1.90. The van der Waals surface area contributed by atoms with Crippen LogP contribution in [0.25, 0.3) is 6.08 Å². The van der Waals surface area contributed by atoms with Gasteiger partial charge in [0, 0.05) is 18.9 Å². The van der Waals surface area contributed by atoms with Gasteiger partial charge in [-0.1, -0.05) is 30.0 Å². The summed E-state index contributed by atoms with van der Waals surface area (Å²) in [6.45, 7) is 1.82. The van der Waals surface area contributed by atoms with Crippen LogP contribution in [0, 0.1) is 6.92 Å². The average Bonchev–Trinajstić information content (AvgIpc) is 3.04. The van der Waals surface area contributed by atoms with Crippen molar-refractivity contribution in [1.82, 2.24) is 4.57 Å². The van der Waals surface area contributed by atoms with Gasteiger partial charge in [-0.05, 0) is 42.8 Å². The zero-order chi connectivity index (χ0) is 17.4. The topological polar surface area (TPSA) is 62.5 Å². The Morgan fingerprint density at radius 1 is 1.33 bits per heavy atom. The minimum atomic E-state index is -1.04. The summed E-state index contributed by atoms with van der Waals surface area (Å²) in [6, 6.07) is 8.47. The third kappa shape index (κ3) is 2.88. The Balaban J connectivity index is 2.01. The van der Waals surface area contributed by atoms with Gasteiger partial charge in [-0.2, -0.15) is 0 Å². The standard InChI is InChI=1S/C17H14N2O3S2/c1-10-5-6-11(16(21)22)8-13(10)19-15(20)14(24-17(19)23)9-12-4-3-7-18(12)2/h3-9H,1-2H3,(H,21,22). The van der Waals surface area contributed by atoms with Crippen LogP contribution in [0.5, 0.6) is 0 Å². The number of amides is 1.